The molecule has 0 aliphatic carbocycles. The second kappa shape index (κ2) is 3.47. The van der Waals surface area contributed by atoms with E-state index in [0.29, 0.717) is 0 Å². The Balaban J connectivity index is 2.77. The molecule has 13 heavy (non-hydrogen) atoms. The fraction of sp³-hybridized carbons (Fsp3) is 0.500. The molecule has 5 nitrogen and oxygen atoms in total. The van der Waals surface area contributed by atoms with E-state index in [2.05, 4.69) is 9.47 Å². The molecule has 0 saturated heterocycles. The molecule has 1 heterocycles. The van der Waals surface area contributed by atoms with Crippen molar-refractivity contribution in [3.63, 3.8) is 0 Å². The SMILES string of the molecule is COC(=O)CC1=C(O)C(=O)O[C@@H]1C. The zero-order valence-electron chi connectivity index (χ0n) is 7.36. The van der Waals surface area contributed by atoms with Crippen LogP contribution in [0, 0.1) is 0 Å². The first-order valence-corrected chi connectivity index (χ1v) is 3.76. The molecule has 0 bridgehead atoms. The van der Waals surface area contributed by atoms with Crippen LogP contribution in [0.2, 0.25) is 0 Å². The van der Waals surface area contributed by atoms with Crippen molar-refractivity contribution in [2.75, 3.05) is 7.11 Å². The van der Waals surface area contributed by atoms with Crippen molar-refractivity contribution in [3.05, 3.63) is 11.3 Å². The maximum absolute atomic E-state index is 10.8. The Kier molecular flexibility index (Phi) is 2.55. The Labute approximate surface area is 74.9 Å². The van der Waals surface area contributed by atoms with E-state index < -0.39 is 23.8 Å². The van der Waals surface area contributed by atoms with Gasteiger partial charge in [-0.05, 0) is 6.92 Å². The summed E-state index contributed by atoms with van der Waals surface area (Å²) in [5.41, 5.74) is 0.275. The van der Waals surface area contributed by atoms with Crippen molar-refractivity contribution < 1.29 is 24.2 Å². The minimum Gasteiger partial charge on any atom is -0.502 e. The summed E-state index contributed by atoms with van der Waals surface area (Å²) in [5.74, 6) is -1.77. The number of aliphatic hydroxyl groups is 1. The molecule has 5 heteroatoms. The minimum absolute atomic E-state index is 0.116. The van der Waals surface area contributed by atoms with Gasteiger partial charge < -0.3 is 14.6 Å². The van der Waals surface area contributed by atoms with Gasteiger partial charge in [-0.1, -0.05) is 0 Å². The number of carbonyl (C=O) groups is 2. The fourth-order valence-electron chi connectivity index (χ4n) is 1.07. The summed E-state index contributed by atoms with van der Waals surface area (Å²) in [6.07, 6.45) is -0.665. The van der Waals surface area contributed by atoms with Crippen LogP contribution in [0.3, 0.4) is 0 Å². The second-order valence-electron chi connectivity index (χ2n) is 2.67. The first-order chi connectivity index (χ1) is 6.06. The summed E-state index contributed by atoms with van der Waals surface area (Å²) in [6, 6.07) is 0. The summed E-state index contributed by atoms with van der Waals surface area (Å²) in [7, 11) is 1.24. The molecule has 1 rings (SSSR count). The van der Waals surface area contributed by atoms with Gasteiger partial charge >= 0.3 is 11.9 Å². The molecule has 0 saturated carbocycles. The van der Waals surface area contributed by atoms with E-state index in [1.807, 2.05) is 0 Å². The molecule has 1 atom stereocenters. The maximum Gasteiger partial charge on any atom is 0.374 e. The first kappa shape index (κ1) is 9.57. The van der Waals surface area contributed by atoms with Gasteiger partial charge in [0.1, 0.15) is 6.10 Å². The summed E-state index contributed by atoms with van der Waals surface area (Å²) in [6.45, 7) is 1.58. The molecule has 1 N–H and O–H groups in total. The topological polar surface area (TPSA) is 72.8 Å². The number of carbonyl (C=O) groups excluding carboxylic acids is 2. The number of aliphatic hydroxyl groups excluding tert-OH is 1. The van der Waals surface area contributed by atoms with Gasteiger partial charge in [0.05, 0.1) is 13.5 Å². The zero-order valence-corrected chi connectivity index (χ0v) is 7.36. The van der Waals surface area contributed by atoms with Crippen LogP contribution < -0.4 is 0 Å². The van der Waals surface area contributed by atoms with E-state index in [9.17, 15) is 9.59 Å². The zero-order chi connectivity index (χ0) is 10.0. The summed E-state index contributed by atoms with van der Waals surface area (Å²) >= 11 is 0. The van der Waals surface area contributed by atoms with Crippen LogP contribution in [0.4, 0.5) is 0 Å². The quantitative estimate of drug-likeness (QED) is 0.628. The second-order valence-corrected chi connectivity index (χ2v) is 2.67. The van der Waals surface area contributed by atoms with E-state index in [0.717, 1.165) is 0 Å². The number of hydrogen-bond donors (Lipinski definition) is 1. The molecule has 1 aliphatic rings. The minimum atomic E-state index is -0.786. The van der Waals surface area contributed by atoms with Gasteiger partial charge in [0.2, 0.25) is 5.76 Å². The molecule has 0 aromatic carbocycles. The highest BCUT2D eigenvalue weighted by molar-refractivity contribution is 5.91. The average molecular weight is 186 g/mol. The highest BCUT2D eigenvalue weighted by Gasteiger charge is 2.32. The van der Waals surface area contributed by atoms with E-state index in [4.69, 9.17) is 5.11 Å². The molecular formula is C8H10O5. The van der Waals surface area contributed by atoms with Crippen LogP contribution in [0.1, 0.15) is 13.3 Å². The van der Waals surface area contributed by atoms with Gasteiger partial charge in [0.15, 0.2) is 0 Å². The van der Waals surface area contributed by atoms with Crippen LogP contribution in [-0.4, -0.2) is 30.3 Å². The van der Waals surface area contributed by atoms with Gasteiger partial charge in [-0.25, -0.2) is 4.79 Å². The molecular weight excluding hydrogens is 176 g/mol. The normalized spacial score (nSPS) is 21.7. The van der Waals surface area contributed by atoms with Crippen LogP contribution in [-0.2, 0) is 19.1 Å². The Morgan fingerprint density at radius 3 is 2.69 bits per heavy atom. The molecule has 0 fully saturated rings. The lowest BCUT2D eigenvalue weighted by molar-refractivity contribution is -0.142. The molecule has 0 aromatic heterocycles. The summed E-state index contributed by atoms with van der Waals surface area (Å²) in [4.78, 5) is 21.6. The van der Waals surface area contributed by atoms with Gasteiger partial charge in [0, 0.05) is 5.57 Å². The molecule has 0 spiro atoms. The van der Waals surface area contributed by atoms with Crippen LogP contribution in [0.25, 0.3) is 0 Å². The van der Waals surface area contributed by atoms with Crippen molar-refractivity contribution in [1.82, 2.24) is 0 Å². The standard InChI is InChI=1S/C8H10O5/c1-4-5(3-6(9)12-2)7(10)8(11)13-4/h4,10H,3H2,1-2H3/t4-/m1/s1. The third kappa shape index (κ3) is 1.80. The maximum atomic E-state index is 10.8. The Bertz CT molecular complexity index is 278. The lowest BCUT2D eigenvalue weighted by Crippen LogP contribution is -2.10. The van der Waals surface area contributed by atoms with Crippen molar-refractivity contribution in [2.24, 2.45) is 0 Å². The lowest BCUT2D eigenvalue weighted by Gasteiger charge is -2.05. The predicted molar refractivity (Wildman–Crippen MR) is 41.8 cm³/mol. The number of methoxy groups -OCH3 is 1. The Morgan fingerprint density at radius 1 is 1.69 bits per heavy atom. The third-order valence-corrected chi connectivity index (χ3v) is 1.83. The Morgan fingerprint density at radius 2 is 2.31 bits per heavy atom. The van der Waals surface area contributed by atoms with Crippen LogP contribution in [0.15, 0.2) is 11.3 Å². The van der Waals surface area contributed by atoms with E-state index >= 15 is 0 Å². The molecule has 72 valence electrons. The largest absolute Gasteiger partial charge is 0.502 e. The van der Waals surface area contributed by atoms with Crippen molar-refractivity contribution in [2.45, 2.75) is 19.4 Å². The Hall–Kier alpha value is -1.52. The number of esters is 2. The average Bonchev–Trinajstić information content (AvgIpc) is 2.32. The van der Waals surface area contributed by atoms with Crippen molar-refractivity contribution in [3.8, 4) is 0 Å². The molecule has 0 radical (unpaired) electrons. The molecule has 1 aliphatic heterocycles. The van der Waals surface area contributed by atoms with E-state index in [-0.39, 0.29) is 12.0 Å². The highest BCUT2D eigenvalue weighted by atomic mass is 16.6. The molecule has 0 amide bonds. The van der Waals surface area contributed by atoms with Gasteiger partial charge in [-0.3, -0.25) is 4.79 Å². The lowest BCUT2D eigenvalue weighted by atomic mass is 10.1. The number of ether oxygens (including phenoxy) is 2. The van der Waals surface area contributed by atoms with E-state index in [1.54, 1.807) is 6.92 Å². The van der Waals surface area contributed by atoms with Crippen LogP contribution >= 0.6 is 0 Å². The fourth-order valence-corrected chi connectivity index (χ4v) is 1.07. The van der Waals surface area contributed by atoms with E-state index in [1.165, 1.54) is 7.11 Å². The third-order valence-electron chi connectivity index (χ3n) is 1.83. The van der Waals surface area contributed by atoms with Crippen LogP contribution in [0.5, 0.6) is 0 Å². The van der Waals surface area contributed by atoms with Crippen molar-refractivity contribution >= 4 is 11.9 Å². The van der Waals surface area contributed by atoms with Gasteiger partial charge in [-0.15, -0.1) is 0 Å². The highest BCUT2D eigenvalue weighted by Crippen LogP contribution is 2.23. The van der Waals surface area contributed by atoms with Gasteiger partial charge in [-0.2, -0.15) is 0 Å². The number of hydrogen-bond acceptors (Lipinski definition) is 5. The van der Waals surface area contributed by atoms with Crippen molar-refractivity contribution in [1.29, 1.82) is 0 Å². The summed E-state index contributed by atoms with van der Waals surface area (Å²) in [5, 5.41) is 9.17. The number of cyclic esters (lactones) is 1. The summed E-state index contributed by atoms with van der Waals surface area (Å²) < 4.78 is 9.05. The monoisotopic (exact) mass is 186 g/mol. The molecule has 0 unspecified atom stereocenters. The molecule has 0 aromatic rings. The number of rotatable bonds is 2. The van der Waals surface area contributed by atoms with Gasteiger partial charge in [0.25, 0.3) is 0 Å². The smallest absolute Gasteiger partial charge is 0.374 e. The first-order valence-electron chi connectivity index (χ1n) is 3.76. The predicted octanol–water partition coefficient (Wildman–Crippen LogP) is 0.307.